The first kappa shape index (κ1) is 14.6. The standard InChI is InChI=1S/C16H22N2O2/c1-12-10-18(11-13(2)17(12)3)15-7-5-4-6-14(15)8-9-16(19)20/h4-9,12-13H,10-11H2,1-3H3,(H,19,20)/b9-8+. The summed E-state index contributed by atoms with van der Waals surface area (Å²) in [5.74, 6) is -0.917. The van der Waals surface area contributed by atoms with Crippen LogP contribution < -0.4 is 4.90 Å². The van der Waals surface area contributed by atoms with Crippen molar-refractivity contribution in [2.45, 2.75) is 25.9 Å². The molecule has 1 saturated heterocycles. The lowest BCUT2D eigenvalue weighted by molar-refractivity contribution is -0.131. The molecule has 1 aromatic rings. The van der Waals surface area contributed by atoms with E-state index in [1.165, 1.54) is 6.08 Å². The van der Waals surface area contributed by atoms with Crippen molar-refractivity contribution < 1.29 is 9.90 Å². The van der Waals surface area contributed by atoms with Gasteiger partial charge in [0, 0.05) is 36.9 Å². The molecule has 4 nitrogen and oxygen atoms in total. The second kappa shape index (κ2) is 6.09. The zero-order valence-corrected chi connectivity index (χ0v) is 12.3. The van der Waals surface area contributed by atoms with E-state index >= 15 is 0 Å². The van der Waals surface area contributed by atoms with Crippen molar-refractivity contribution in [3.63, 3.8) is 0 Å². The minimum absolute atomic E-state index is 0.482. The number of nitrogens with zero attached hydrogens (tertiary/aromatic N) is 2. The van der Waals surface area contributed by atoms with Gasteiger partial charge in [-0.05, 0) is 38.6 Å². The Bertz CT molecular complexity index is 501. The molecule has 0 saturated carbocycles. The maximum Gasteiger partial charge on any atom is 0.328 e. The zero-order valence-electron chi connectivity index (χ0n) is 12.3. The molecule has 0 aliphatic carbocycles. The number of hydrogen-bond acceptors (Lipinski definition) is 3. The highest BCUT2D eigenvalue weighted by molar-refractivity contribution is 5.87. The summed E-state index contributed by atoms with van der Waals surface area (Å²) in [7, 11) is 2.16. The van der Waals surface area contributed by atoms with Crippen LogP contribution in [0.3, 0.4) is 0 Å². The highest BCUT2D eigenvalue weighted by atomic mass is 16.4. The molecular weight excluding hydrogens is 252 g/mol. The van der Waals surface area contributed by atoms with Gasteiger partial charge in [-0.2, -0.15) is 0 Å². The van der Waals surface area contributed by atoms with Gasteiger partial charge in [0.1, 0.15) is 0 Å². The molecule has 1 aromatic carbocycles. The van der Waals surface area contributed by atoms with E-state index < -0.39 is 5.97 Å². The lowest BCUT2D eigenvalue weighted by atomic mass is 10.1. The quantitative estimate of drug-likeness (QED) is 0.859. The fourth-order valence-corrected chi connectivity index (χ4v) is 2.68. The Kier molecular flexibility index (Phi) is 4.45. The van der Waals surface area contributed by atoms with E-state index in [-0.39, 0.29) is 0 Å². The van der Waals surface area contributed by atoms with Gasteiger partial charge in [0.2, 0.25) is 0 Å². The minimum Gasteiger partial charge on any atom is -0.478 e. The van der Waals surface area contributed by atoms with Crippen molar-refractivity contribution in [1.29, 1.82) is 0 Å². The Balaban J connectivity index is 2.26. The Morgan fingerprint density at radius 2 is 1.85 bits per heavy atom. The largest absolute Gasteiger partial charge is 0.478 e. The van der Waals surface area contributed by atoms with Crippen molar-refractivity contribution in [3.05, 3.63) is 35.9 Å². The van der Waals surface area contributed by atoms with E-state index in [9.17, 15) is 4.79 Å². The van der Waals surface area contributed by atoms with Crippen LogP contribution in [0.5, 0.6) is 0 Å². The van der Waals surface area contributed by atoms with Gasteiger partial charge in [0.15, 0.2) is 0 Å². The average molecular weight is 274 g/mol. The van der Waals surface area contributed by atoms with Crippen LogP contribution >= 0.6 is 0 Å². The summed E-state index contributed by atoms with van der Waals surface area (Å²) in [4.78, 5) is 15.4. The Labute approximate surface area is 120 Å². The lowest BCUT2D eigenvalue weighted by Gasteiger charge is -2.44. The highest BCUT2D eigenvalue weighted by Crippen LogP contribution is 2.26. The van der Waals surface area contributed by atoms with E-state index in [0.717, 1.165) is 24.3 Å². The molecular formula is C16H22N2O2. The molecule has 1 aliphatic rings. The van der Waals surface area contributed by atoms with Crippen molar-refractivity contribution in [3.8, 4) is 0 Å². The van der Waals surface area contributed by atoms with Gasteiger partial charge in [0.05, 0.1) is 0 Å². The van der Waals surface area contributed by atoms with Crippen molar-refractivity contribution in [2.24, 2.45) is 0 Å². The van der Waals surface area contributed by atoms with Crippen LogP contribution in [0.25, 0.3) is 6.08 Å². The molecule has 4 heteroatoms. The molecule has 0 aromatic heterocycles. The molecule has 2 atom stereocenters. The van der Waals surface area contributed by atoms with E-state index in [0.29, 0.717) is 12.1 Å². The third-order valence-corrected chi connectivity index (χ3v) is 4.04. The second-order valence-electron chi connectivity index (χ2n) is 5.50. The first-order chi connectivity index (χ1) is 9.49. The van der Waals surface area contributed by atoms with Crippen molar-refractivity contribution in [2.75, 3.05) is 25.0 Å². The molecule has 0 bridgehead atoms. The van der Waals surface area contributed by atoms with Gasteiger partial charge >= 0.3 is 5.97 Å². The maximum absolute atomic E-state index is 10.7. The minimum atomic E-state index is -0.917. The van der Waals surface area contributed by atoms with Gasteiger partial charge in [-0.15, -0.1) is 0 Å². The summed E-state index contributed by atoms with van der Waals surface area (Å²) >= 11 is 0. The fraction of sp³-hybridized carbons (Fsp3) is 0.438. The van der Waals surface area contributed by atoms with Gasteiger partial charge in [0.25, 0.3) is 0 Å². The van der Waals surface area contributed by atoms with Crippen LogP contribution in [-0.4, -0.2) is 48.2 Å². The summed E-state index contributed by atoms with van der Waals surface area (Å²) < 4.78 is 0. The fourth-order valence-electron chi connectivity index (χ4n) is 2.68. The summed E-state index contributed by atoms with van der Waals surface area (Å²) in [6.07, 6.45) is 2.87. The number of carboxylic acids is 1. The smallest absolute Gasteiger partial charge is 0.328 e. The highest BCUT2D eigenvalue weighted by Gasteiger charge is 2.27. The summed E-state index contributed by atoms with van der Waals surface area (Å²) in [5.41, 5.74) is 2.07. The number of likely N-dealkylation sites (N-methyl/N-ethyl adjacent to an activating group) is 1. The van der Waals surface area contributed by atoms with E-state index in [1.54, 1.807) is 6.08 Å². The molecule has 0 radical (unpaired) electrons. The van der Waals surface area contributed by atoms with Crippen LogP contribution in [0.4, 0.5) is 5.69 Å². The molecule has 1 N–H and O–H groups in total. The number of carbonyl (C=O) groups is 1. The number of carboxylic acid groups (broad SMARTS) is 1. The van der Waals surface area contributed by atoms with Crippen LogP contribution in [0.2, 0.25) is 0 Å². The number of para-hydroxylation sites is 1. The number of hydrogen-bond donors (Lipinski definition) is 1. The van der Waals surface area contributed by atoms with Crippen LogP contribution in [0.1, 0.15) is 19.4 Å². The third kappa shape index (κ3) is 3.20. The second-order valence-corrected chi connectivity index (χ2v) is 5.50. The molecule has 108 valence electrons. The van der Waals surface area contributed by atoms with Crippen molar-refractivity contribution >= 4 is 17.7 Å². The van der Waals surface area contributed by atoms with Gasteiger partial charge in [-0.3, -0.25) is 4.90 Å². The normalized spacial score (nSPS) is 24.2. The lowest BCUT2D eigenvalue weighted by Crippen LogP contribution is -2.55. The van der Waals surface area contributed by atoms with Gasteiger partial charge < -0.3 is 10.0 Å². The third-order valence-electron chi connectivity index (χ3n) is 4.04. The summed E-state index contributed by atoms with van der Waals surface area (Å²) in [5, 5.41) is 8.79. The molecule has 0 amide bonds. The maximum atomic E-state index is 10.7. The molecule has 1 aliphatic heterocycles. The summed E-state index contributed by atoms with van der Waals surface area (Å²) in [6.45, 7) is 6.36. The number of anilines is 1. The monoisotopic (exact) mass is 274 g/mol. The van der Waals surface area contributed by atoms with Crippen LogP contribution in [-0.2, 0) is 4.79 Å². The zero-order chi connectivity index (χ0) is 14.7. The van der Waals surface area contributed by atoms with Crippen molar-refractivity contribution in [1.82, 2.24) is 4.90 Å². The molecule has 1 fully saturated rings. The van der Waals surface area contributed by atoms with E-state index in [2.05, 4.69) is 36.8 Å². The molecule has 2 unspecified atom stereocenters. The first-order valence-corrected chi connectivity index (χ1v) is 6.96. The Morgan fingerprint density at radius 1 is 1.25 bits per heavy atom. The topological polar surface area (TPSA) is 43.8 Å². The number of benzene rings is 1. The SMILES string of the molecule is CC1CN(c2ccccc2/C=C/C(=O)O)CC(C)N1C. The van der Waals surface area contributed by atoms with Gasteiger partial charge in [-0.1, -0.05) is 18.2 Å². The molecule has 0 spiro atoms. The van der Waals surface area contributed by atoms with Crippen LogP contribution in [0, 0.1) is 0 Å². The number of rotatable bonds is 3. The summed E-state index contributed by atoms with van der Waals surface area (Å²) in [6, 6.07) is 8.93. The predicted octanol–water partition coefficient (Wildman–Crippen LogP) is 2.31. The van der Waals surface area contributed by atoms with Gasteiger partial charge in [-0.25, -0.2) is 4.79 Å². The number of aliphatic carboxylic acids is 1. The molecule has 2 rings (SSSR count). The molecule has 1 heterocycles. The first-order valence-electron chi connectivity index (χ1n) is 6.96. The average Bonchev–Trinajstić information content (AvgIpc) is 2.42. The molecule has 20 heavy (non-hydrogen) atoms. The number of piperazine rings is 1. The Morgan fingerprint density at radius 3 is 2.45 bits per heavy atom. The predicted molar refractivity (Wildman–Crippen MR) is 82.0 cm³/mol. The Hall–Kier alpha value is -1.81. The van der Waals surface area contributed by atoms with E-state index in [4.69, 9.17) is 5.11 Å². The van der Waals surface area contributed by atoms with Crippen LogP contribution in [0.15, 0.2) is 30.3 Å². The van der Waals surface area contributed by atoms with E-state index in [1.807, 2.05) is 18.2 Å².